The number of rotatable bonds is 2. The van der Waals surface area contributed by atoms with Gasteiger partial charge in [0.15, 0.2) is 0 Å². The third-order valence-electron chi connectivity index (χ3n) is 1.48. The standard InChI is InChI=1S/C9H12N2O.ClH/c1-7(12)11-9-4-2-3-8(5-9)6-10;/h2-5H,6,10H2,1H3,(H,11,12);1H. The molecule has 0 heterocycles. The number of nitrogens with one attached hydrogen (secondary N) is 1. The second kappa shape index (κ2) is 5.56. The molecule has 0 bridgehead atoms. The van der Waals surface area contributed by atoms with Crippen molar-refractivity contribution < 1.29 is 4.79 Å². The van der Waals surface area contributed by atoms with Gasteiger partial charge in [0, 0.05) is 19.2 Å². The van der Waals surface area contributed by atoms with Crippen LogP contribution in [-0.4, -0.2) is 5.91 Å². The van der Waals surface area contributed by atoms with Gasteiger partial charge in [-0.15, -0.1) is 12.4 Å². The molecule has 1 amide bonds. The number of benzene rings is 1. The molecule has 0 aliphatic carbocycles. The molecule has 13 heavy (non-hydrogen) atoms. The first-order valence-corrected chi connectivity index (χ1v) is 3.79. The van der Waals surface area contributed by atoms with Gasteiger partial charge in [-0.05, 0) is 17.7 Å². The number of carbonyl (C=O) groups excluding carboxylic acids is 1. The van der Waals surface area contributed by atoms with Crippen LogP contribution in [0.2, 0.25) is 0 Å². The van der Waals surface area contributed by atoms with E-state index >= 15 is 0 Å². The normalized spacial score (nSPS) is 8.77. The van der Waals surface area contributed by atoms with Crippen molar-refractivity contribution in [2.24, 2.45) is 5.73 Å². The molecule has 0 radical (unpaired) electrons. The van der Waals surface area contributed by atoms with Crippen LogP contribution in [0.3, 0.4) is 0 Å². The quantitative estimate of drug-likeness (QED) is 0.761. The first-order chi connectivity index (χ1) is 5.72. The van der Waals surface area contributed by atoms with Crippen molar-refractivity contribution in [1.82, 2.24) is 0 Å². The fourth-order valence-electron chi connectivity index (χ4n) is 0.979. The molecule has 0 atom stereocenters. The summed E-state index contributed by atoms with van der Waals surface area (Å²) in [4.78, 5) is 10.7. The molecule has 1 aromatic rings. The summed E-state index contributed by atoms with van der Waals surface area (Å²) in [6.45, 7) is 1.97. The Morgan fingerprint density at radius 3 is 2.77 bits per heavy atom. The van der Waals surface area contributed by atoms with E-state index in [0.29, 0.717) is 6.54 Å². The average Bonchev–Trinajstić information content (AvgIpc) is 2.03. The van der Waals surface area contributed by atoms with Crippen LogP contribution in [0, 0.1) is 0 Å². The number of carbonyl (C=O) groups is 1. The lowest BCUT2D eigenvalue weighted by molar-refractivity contribution is -0.114. The molecule has 0 unspecified atom stereocenters. The zero-order valence-corrected chi connectivity index (χ0v) is 8.23. The van der Waals surface area contributed by atoms with Crippen LogP contribution in [0.4, 0.5) is 5.69 Å². The predicted molar refractivity (Wildman–Crippen MR) is 55.9 cm³/mol. The highest BCUT2D eigenvalue weighted by Gasteiger charge is 1.95. The molecule has 1 aromatic carbocycles. The van der Waals surface area contributed by atoms with Gasteiger partial charge in [-0.2, -0.15) is 0 Å². The zero-order chi connectivity index (χ0) is 8.97. The summed E-state index contributed by atoms with van der Waals surface area (Å²) in [6, 6.07) is 7.49. The maximum absolute atomic E-state index is 10.7. The SMILES string of the molecule is CC(=O)Nc1cccc(CN)c1.Cl. The van der Waals surface area contributed by atoms with Gasteiger partial charge in [0.2, 0.25) is 5.91 Å². The lowest BCUT2D eigenvalue weighted by atomic mass is 10.2. The Morgan fingerprint density at radius 1 is 1.54 bits per heavy atom. The fraction of sp³-hybridized carbons (Fsp3) is 0.222. The number of amides is 1. The second-order valence-corrected chi connectivity index (χ2v) is 2.59. The summed E-state index contributed by atoms with van der Waals surface area (Å²) < 4.78 is 0. The van der Waals surface area contributed by atoms with Crippen LogP contribution in [0.15, 0.2) is 24.3 Å². The molecule has 72 valence electrons. The lowest BCUT2D eigenvalue weighted by Crippen LogP contribution is -2.06. The molecular formula is C9H13ClN2O. The maximum atomic E-state index is 10.7. The van der Waals surface area contributed by atoms with Gasteiger partial charge < -0.3 is 11.1 Å². The van der Waals surface area contributed by atoms with E-state index in [1.807, 2.05) is 24.3 Å². The highest BCUT2D eigenvalue weighted by atomic mass is 35.5. The van der Waals surface area contributed by atoms with E-state index in [1.54, 1.807) is 0 Å². The predicted octanol–water partition coefficient (Wildman–Crippen LogP) is 1.53. The van der Waals surface area contributed by atoms with Gasteiger partial charge in [0.1, 0.15) is 0 Å². The third kappa shape index (κ3) is 3.92. The van der Waals surface area contributed by atoms with Crippen LogP contribution >= 0.6 is 12.4 Å². The van der Waals surface area contributed by atoms with E-state index in [1.165, 1.54) is 6.92 Å². The highest BCUT2D eigenvalue weighted by Crippen LogP contribution is 2.09. The first-order valence-electron chi connectivity index (χ1n) is 3.79. The fourth-order valence-corrected chi connectivity index (χ4v) is 0.979. The van der Waals surface area contributed by atoms with E-state index in [0.717, 1.165) is 11.3 Å². The molecular weight excluding hydrogens is 188 g/mol. The van der Waals surface area contributed by atoms with Crippen molar-refractivity contribution >= 4 is 24.0 Å². The monoisotopic (exact) mass is 200 g/mol. The van der Waals surface area contributed by atoms with Gasteiger partial charge in [0.05, 0.1) is 0 Å². The Kier molecular flexibility index (Phi) is 5.11. The summed E-state index contributed by atoms with van der Waals surface area (Å²) in [5.41, 5.74) is 7.25. The Hall–Kier alpha value is -1.06. The van der Waals surface area contributed by atoms with E-state index in [-0.39, 0.29) is 18.3 Å². The molecule has 0 aliphatic rings. The van der Waals surface area contributed by atoms with Crippen LogP contribution in [0.5, 0.6) is 0 Å². The van der Waals surface area contributed by atoms with Crippen LogP contribution < -0.4 is 11.1 Å². The van der Waals surface area contributed by atoms with Crippen molar-refractivity contribution in [1.29, 1.82) is 0 Å². The van der Waals surface area contributed by atoms with Gasteiger partial charge in [-0.25, -0.2) is 0 Å². The molecule has 4 heteroatoms. The second-order valence-electron chi connectivity index (χ2n) is 2.59. The molecule has 0 aliphatic heterocycles. The molecule has 3 nitrogen and oxygen atoms in total. The van der Waals surface area contributed by atoms with Gasteiger partial charge in [-0.3, -0.25) is 4.79 Å². The third-order valence-corrected chi connectivity index (χ3v) is 1.48. The molecule has 0 saturated carbocycles. The number of anilines is 1. The summed E-state index contributed by atoms with van der Waals surface area (Å²) in [6.07, 6.45) is 0. The van der Waals surface area contributed by atoms with Crippen LogP contribution in [0.25, 0.3) is 0 Å². The molecule has 3 N–H and O–H groups in total. The Bertz CT molecular complexity index is 289. The number of hydrogen-bond donors (Lipinski definition) is 2. The van der Waals surface area contributed by atoms with Gasteiger partial charge in [0.25, 0.3) is 0 Å². The number of nitrogens with two attached hydrogens (primary N) is 1. The number of hydrogen-bond acceptors (Lipinski definition) is 2. The minimum Gasteiger partial charge on any atom is -0.326 e. The van der Waals surface area contributed by atoms with Crippen LogP contribution in [0.1, 0.15) is 12.5 Å². The van der Waals surface area contributed by atoms with E-state index in [4.69, 9.17) is 5.73 Å². The largest absolute Gasteiger partial charge is 0.326 e. The van der Waals surface area contributed by atoms with Crippen LogP contribution in [-0.2, 0) is 11.3 Å². The Labute approximate surface area is 83.7 Å². The molecule has 1 rings (SSSR count). The Morgan fingerprint density at radius 2 is 2.23 bits per heavy atom. The Balaban J connectivity index is 0.00000144. The molecule has 0 saturated heterocycles. The van der Waals surface area contributed by atoms with Gasteiger partial charge >= 0.3 is 0 Å². The van der Waals surface area contributed by atoms with Crippen molar-refractivity contribution in [3.8, 4) is 0 Å². The minimum absolute atomic E-state index is 0. The highest BCUT2D eigenvalue weighted by molar-refractivity contribution is 5.88. The smallest absolute Gasteiger partial charge is 0.221 e. The average molecular weight is 201 g/mol. The van der Waals surface area contributed by atoms with E-state index in [9.17, 15) is 4.79 Å². The summed E-state index contributed by atoms with van der Waals surface area (Å²) in [7, 11) is 0. The van der Waals surface area contributed by atoms with Gasteiger partial charge in [-0.1, -0.05) is 12.1 Å². The van der Waals surface area contributed by atoms with E-state index in [2.05, 4.69) is 5.32 Å². The molecule has 0 aromatic heterocycles. The summed E-state index contributed by atoms with van der Waals surface area (Å²) >= 11 is 0. The summed E-state index contributed by atoms with van der Waals surface area (Å²) in [5, 5.41) is 2.68. The van der Waals surface area contributed by atoms with Crippen molar-refractivity contribution in [3.63, 3.8) is 0 Å². The van der Waals surface area contributed by atoms with Crippen molar-refractivity contribution in [3.05, 3.63) is 29.8 Å². The zero-order valence-electron chi connectivity index (χ0n) is 7.41. The van der Waals surface area contributed by atoms with Crippen molar-refractivity contribution in [2.75, 3.05) is 5.32 Å². The minimum atomic E-state index is -0.0656. The first kappa shape index (κ1) is 11.9. The van der Waals surface area contributed by atoms with Crippen molar-refractivity contribution in [2.45, 2.75) is 13.5 Å². The molecule has 0 spiro atoms. The maximum Gasteiger partial charge on any atom is 0.221 e. The summed E-state index contributed by atoms with van der Waals surface area (Å²) in [5.74, 6) is -0.0656. The lowest BCUT2D eigenvalue weighted by Gasteiger charge is -2.02. The van der Waals surface area contributed by atoms with E-state index < -0.39 is 0 Å². The number of halogens is 1. The topological polar surface area (TPSA) is 55.1 Å². The molecule has 0 fully saturated rings.